The lowest BCUT2D eigenvalue weighted by Gasteiger charge is -2.19. The number of methoxy groups -OCH3 is 1. The molecule has 7 nitrogen and oxygen atoms in total. The summed E-state index contributed by atoms with van der Waals surface area (Å²) >= 11 is 0. The van der Waals surface area contributed by atoms with Crippen molar-refractivity contribution in [3.05, 3.63) is 73.1 Å². The number of nitrogens with zero attached hydrogens (tertiary/aromatic N) is 3. The molecule has 0 spiro atoms. The largest absolute Gasteiger partial charge is 0.497 e. The molecule has 2 aromatic carbocycles. The third-order valence-electron chi connectivity index (χ3n) is 3.95. The number of carbonyl (C=O) groups excluding carboxylic acids is 1. The average Bonchev–Trinajstić information content (AvgIpc) is 3.21. The highest BCUT2D eigenvalue weighted by molar-refractivity contribution is 5.77. The molecule has 0 saturated heterocycles. The first-order valence-electron chi connectivity index (χ1n) is 8.73. The molecule has 0 atom stereocenters. The lowest BCUT2D eigenvalue weighted by atomic mass is 10.2. The predicted molar refractivity (Wildman–Crippen MR) is 104 cm³/mol. The van der Waals surface area contributed by atoms with E-state index in [1.54, 1.807) is 30.2 Å². The molecule has 7 heteroatoms. The van der Waals surface area contributed by atoms with Crippen molar-refractivity contribution in [2.75, 3.05) is 20.3 Å². The average molecular weight is 379 g/mol. The van der Waals surface area contributed by atoms with Crippen LogP contribution in [0.15, 0.2) is 71.8 Å². The number of benzene rings is 2. The fraction of sp³-hybridized carbons (Fsp3) is 0.190. The van der Waals surface area contributed by atoms with E-state index in [0.717, 1.165) is 11.3 Å². The summed E-state index contributed by atoms with van der Waals surface area (Å²) in [5.74, 6) is 1.96. The second kappa shape index (κ2) is 9.36. The van der Waals surface area contributed by atoms with Gasteiger partial charge in [0.15, 0.2) is 6.61 Å². The van der Waals surface area contributed by atoms with Crippen molar-refractivity contribution in [1.82, 2.24) is 15.0 Å². The lowest BCUT2D eigenvalue weighted by molar-refractivity contribution is -0.133. The number of hydrogen-bond donors (Lipinski definition) is 0. The molecule has 0 aliphatic carbocycles. The normalized spacial score (nSPS) is 10.3. The van der Waals surface area contributed by atoms with Gasteiger partial charge in [-0.1, -0.05) is 29.4 Å². The molecule has 144 valence electrons. The van der Waals surface area contributed by atoms with Crippen LogP contribution in [-0.2, 0) is 11.3 Å². The molecule has 0 N–H and O–H groups in total. The Morgan fingerprint density at radius 3 is 2.57 bits per heavy atom. The van der Waals surface area contributed by atoms with E-state index in [1.807, 2.05) is 42.5 Å². The number of hydrogen-bond acceptors (Lipinski definition) is 6. The molecule has 0 bridgehead atoms. The summed E-state index contributed by atoms with van der Waals surface area (Å²) in [5.41, 5.74) is 0.796. The molecule has 3 aromatic rings. The molecule has 0 saturated carbocycles. The molecule has 1 amide bonds. The topological polar surface area (TPSA) is 77.7 Å². The first-order valence-corrected chi connectivity index (χ1v) is 8.73. The van der Waals surface area contributed by atoms with Gasteiger partial charge in [0.1, 0.15) is 18.0 Å². The summed E-state index contributed by atoms with van der Waals surface area (Å²) in [6.45, 7) is 4.13. The Labute approximate surface area is 163 Å². The molecule has 0 aliphatic heterocycles. The zero-order valence-electron chi connectivity index (χ0n) is 15.6. The number of aromatic nitrogens is 2. The predicted octanol–water partition coefficient (Wildman–Crippen LogP) is 3.34. The summed E-state index contributed by atoms with van der Waals surface area (Å²) in [7, 11) is 1.61. The molecule has 1 aromatic heterocycles. The zero-order chi connectivity index (χ0) is 19.8. The van der Waals surface area contributed by atoms with E-state index in [9.17, 15) is 4.79 Å². The van der Waals surface area contributed by atoms with E-state index in [1.165, 1.54) is 0 Å². The monoisotopic (exact) mass is 379 g/mol. The van der Waals surface area contributed by atoms with E-state index in [0.29, 0.717) is 24.0 Å². The highest BCUT2D eigenvalue weighted by atomic mass is 16.5. The van der Waals surface area contributed by atoms with Crippen LogP contribution in [0.4, 0.5) is 0 Å². The van der Waals surface area contributed by atoms with E-state index >= 15 is 0 Å². The fourth-order valence-corrected chi connectivity index (χ4v) is 2.50. The van der Waals surface area contributed by atoms with E-state index in [-0.39, 0.29) is 19.1 Å². The Balaban J connectivity index is 1.64. The van der Waals surface area contributed by atoms with E-state index in [2.05, 4.69) is 16.7 Å². The molecule has 0 unspecified atom stereocenters. The van der Waals surface area contributed by atoms with Crippen LogP contribution in [0.1, 0.15) is 5.89 Å². The molecular formula is C21H21N3O4. The van der Waals surface area contributed by atoms with Crippen molar-refractivity contribution >= 4 is 5.91 Å². The number of carbonyl (C=O) groups is 1. The highest BCUT2D eigenvalue weighted by Gasteiger charge is 2.18. The van der Waals surface area contributed by atoms with Gasteiger partial charge in [0.25, 0.3) is 5.91 Å². The number of ether oxygens (including phenoxy) is 2. The Bertz CT molecular complexity index is 907. The lowest BCUT2D eigenvalue weighted by Crippen LogP contribution is -2.34. The van der Waals surface area contributed by atoms with E-state index in [4.69, 9.17) is 14.0 Å². The fourth-order valence-electron chi connectivity index (χ4n) is 2.50. The Hall–Kier alpha value is -3.61. The first-order chi connectivity index (χ1) is 13.7. The number of para-hydroxylation sites is 1. The molecule has 1 heterocycles. The summed E-state index contributed by atoms with van der Waals surface area (Å²) < 4.78 is 16.0. The quantitative estimate of drug-likeness (QED) is 0.531. The van der Waals surface area contributed by atoms with Crippen molar-refractivity contribution in [3.8, 4) is 22.9 Å². The van der Waals surface area contributed by atoms with Crippen molar-refractivity contribution in [1.29, 1.82) is 0 Å². The van der Waals surface area contributed by atoms with Crippen LogP contribution in [0.25, 0.3) is 11.4 Å². The van der Waals surface area contributed by atoms with Gasteiger partial charge in [-0.05, 0) is 36.4 Å². The van der Waals surface area contributed by atoms with Crippen molar-refractivity contribution in [2.24, 2.45) is 0 Å². The van der Waals surface area contributed by atoms with Gasteiger partial charge >= 0.3 is 0 Å². The smallest absolute Gasteiger partial charge is 0.261 e. The number of rotatable bonds is 9. The second-order valence-electron chi connectivity index (χ2n) is 5.90. The Morgan fingerprint density at radius 2 is 1.89 bits per heavy atom. The van der Waals surface area contributed by atoms with Crippen LogP contribution in [0.2, 0.25) is 0 Å². The maximum absolute atomic E-state index is 12.5. The van der Waals surface area contributed by atoms with Crippen LogP contribution < -0.4 is 9.47 Å². The first kappa shape index (κ1) is 19.2. The van der Waals surface area contributed by atoms with Gasteiger partial charge in [0.05, 0.1) is 7.11 Å². The van der Waals surface area contributed by atoms with Crippen molar-refractivity contribution in [3.63, 3.8) is 0 Å². The zero-order valence-corrected chi connectivity index (χ0v) is 15.6. The molecular weight excluding hydrogens is 358 g/mol. The summed E-state index contributed by atoms with van der Waals surface area (Å²) in [4.78, 5) is 18.4. The molecule has 0 radical (unpaired) electrons. The Morgan fingerprint density at radius 1 is 1.14 bits per heavy atom. The van der Waals surface area contributed by atoms with Gasteiger partial charge in [-0.15, -0.1) is 6.58 Å². The minimum atomic E-state index is -0.201. The van der Waals surface area contributed by atoms with Crippen molar-refractivity contribution < 1.29 is 18.8 Å². The van der Waals surface area contributed by atoms with E-state index < -0.39 is 0 Å². The van der Waals surface area contributed by atoms with Crippen LogP contribution in [0.3, 0.4) is 0 Å². The maximum atomic E-state index is 12.5. The Kier molecular flexibility index (Phi) is 6.41. The molecule has 3 rings (SSSR count). The molecule has 0 fully saturated rings. The van der Waals surface area contributed by atoms with Crippen LogP contribution in [-0.4, -0.2) is 41.2 Å². The van der Waals surface area contributed by atoms with Gasteiger partial charge in [0.2, 0.25) is 11.7 Å². The van der Waals surface area contributed by atoms with Crippen LogP contribution in [0, 0.1) is 0 Å². The SMILES string of the molecule is C=CCN(Cc1nc(-c2ccc(OC)cc2)no1)C(=O)COc1ccccc1. The van der Waals surface area contributed by atoms with Crippen LogP contribution in [0.5, 0.6) is 11.5 Å². The van der Waals surface area contributed by atoms with Gasteiger partial charge < -0.3 is 18.9 Å². The second-order valence-corrected chi connectivity index (χ2v) is 5.90. The standard InChI is InChI=1S/C21H21N3O4/c1-3-13-24(20(25)15-27-18-7-5-4-6-8-18)14-19-22-21(23-28-19)16-9-11-17(26-2)12-10-16/h3-12H,1,13-15H2,2H3. The third-order valence-corrected chi connectivity index (χ3v) is 3.95. The summed E-state index contributed by atoms with van der Waals surface area (Å²) in [5, 5.41) is 3.99. The maximum Gasteiger partial charge on any atom is 0.261 e. The minimum absolute atomic E-state index is 0.0860. The van der Waals surface area contributed by atoms with Crippen molar-refractivity contribution in [2.45, 2.75) is 6.54 Å². The number of amides is 1. The van der Waals surface area contributed by atoms with Crippen LogP contribution >= 0.6 is 0 Å². The van der Waals surface area contributed by atoms with Gasteiger partial charge in [-0.2, -0.15) is 4.98 Å². The minimum Gasteiger partial charge on any atom is -0.497 e. The molecule has 0 aliphatic rings. The van der Waals surface area contributed by atoms with Gasteiger partial charge in [-0.3, -0.25) is 4.79 Å². The summed E-state index contributed by atoms with van der Waals surface area (Å²) in [6, 6.07) is 16.5. The van der Waals surface area contributed by atoms with Gasteiger partial charge in [-0.25, -0.2) is 0 Å². The van der Waals surface area contributed by atoms with Gasteiger partial charge in [0, 0.05) is 12.1 Å². The molecule has 28 heavy (non-hydrogen) atoms. The third kappa shape index (κ3) is 4.97. The summed E-state index contributed by atoms with van der Waals surface area (Å²) in [6.07, 6.45) is 1.64. The highest BCUT2D eigenvalue weighted by Crippen LogP contribution is 2.20.